The Kier molecular flexibility index (Phi) is 3.60. The Morgan fingerprint density at radius 3 is 2.20 bits per heavy atom. The van der Waals surface area contributed by atoms with Crippen molar-refractivity contribution < 1.29 is 23.4 Å². The molecule has 0 spiro atoms. The maximum absolute atomic E-state index is 12.4. The van der Waals surface area contributed by atoms with Crippen molar-refractivity contribution in [1.82, 2.24) is 0 Å². The maximum Gasteiger partial charge on any atom is 0.316 e. The van der Waals surface area contributed by atoms with E-state index >= 15 is 0 Å². The number of carboxylic acids is 1. The standard InChI is InChI=1S/C10H10F2O3/c1-15-7-4-2-6(3-5-7)8(9(11)12)10(13)14/h2-5,8-9H,1H3,(H,13,14)/t8-/m0/s1. The normalized spacial score (nSPS) is 12.5. The van der Waals surface area contributed by atoms with Gasteiger partial charge in [0, 0.05) is 0 Å². The highest BCUT2D eigenvalue weighted by Crippen LogP contribution is 2.25. The molecule has 82 valence electrons. The predicted molar refractivity (Wildman–Crippen MR) is 49.4 cm³/mol. The third-order valence-electron chi connectivity index (χ3n) is 1.99. The van der Waals surface area contributed by atoms with Gasteiger partial charge in [0.15, 0.2) is 0 Å². The van der Waals surface area contributed by atoms with Crippen LogP contribution in [-0.4, -0.2) is 24.6 Å². The monoisotopic (exact) mass is 216 g/mol. The number of ether oxygens (including phenoxy) is 1. The predicted octanol–water partition coefficient (Wildman–Crippen LogP) is 2.13. The first-order valence-electron chi connectivity index (χ1n) is 4.21. The number of hydrogen-bond acceptors (Lipinski definition) is 2. The third-order valence-corrected chi connectivity index (χ3v) is 1.99. The van der Waals surface area contributed by atoms with Gasteiger partial charge in [-0.15, -0.1) is 0 Å². The molecule has 0 aliphatic heterocycles. The van der Waals surface area contributed by atoms with Crippen LogP contribution in [0, 0.1) is 0 Å². The van der Waals surface area contributed by atoms with Gasteiger partial charge in [0.25, 0.3) is 6.43 Å². The summed E-state index contributed by atoms with van der Waals surface area (Å²) in [5.41, 5.74) is 0.0679. The molecule has 1 rings (SSSR count). The molecule has 0 aliphatic carbocycles. The Hall–Kier alpha value is -1.65. The lowest BCUT2D eigenvalue weighted by Crippen LogP contribution is -2.19. The van der Waals surface area contributed by atoms with Crippen LogP contribution < -0.4 is 4.74 Å². The summed E-state index contributed by atoms with van der Waals surface area (Å²) in [6.45, 7) is 0. The Bertz CT molecular complexity index is 335. The zero-order valence-corrected chi connectivity index (χ0v) is 7.98. The number of rotatable bonds is 4. The fourth-order valence-electron chi connectivity index (χ4n) is 1.21. The van der Waals surface area contributed by atoms with Gasteiger partial charge in [-0.2, -0.15) is 0 Å². The van der Waals surface area contributed by atoms with Crippen LogP contribution in [0.4, 0.5) is 8.78 Å². The fourth-order valence-corrected chi connectivity index (χ4v) is 1.21. The zero-order chi connectivity index (χ0) is 11.4. The van der Waals surface area contributed by atoms with E-state index in [4.69, 9.17) is 9.84 Å². The van der Waals surface area contributed by atoms with Crippen molar-refractivity contribution in [2.24, 2.45) is 0 Å². The van der Waals surface area contributed by atoms with E-state index in [0.29, 0.717) is 5.75 Å². The van der Waals surface area contributed by atoms with Gasteiger partial charge in [0.05, 0.1) is 7.11 Å². The Labute approximate surface area is 85.3 Å². The van der Waals surface area contributed by atoms with Gasteiger partial charge in [-0.1, -0.05) is 12.1 Å². The quantitative estimate of drug-likeness (QED) is 0.838. The van der Waals surface area contributed by atoms with E-state index in [9.17, 15) is 13.6 Å². The van der Waals surface area contributed by atoms with E-state index < -0.39 is 18.3 Å². The molecule has 5 heteroatoms. The van der Waals surface area contributed by atoms with E-state index in [-0.39, 0.29) is 5.56 Å². The van der Waals surface area contributed by atoms with Gasteiger partial charge in [-0.3, -0.25) is 4.79 Å². The molecule has 3 nitrogen and oxygen atoms in total. The minimum absolute atomic E-state index is 0.0679. The average Bonchev–Trinajstić information content (AvgIpc) is 2.18. The number of methoxy groups -OCH3 is 1. The minimum Gasteiger partial charge on any atom is -0.497 e. The highest BCUT2D eigenvalue weighted by Gasteiger charge is 2.29. The van der Waals surface area contributed by atoms with Crippen LogP contribution in [-0.2, 0) is 4.79 Å². The molecule has 0 heterocycles. The SMILES string of the molecule is COc1ccc([C@H](C(=O)O)C(F)F)cc1. The number of aliphatic carboxylic acids is 1. The number of hydrogen-bond donors (Lipinski definition) is 1. The number of carbonyl (C=O) groups is 1. The Balaban J connectivity index is 2.97. The van der Waals surface area contributed by atoms with Gasteiger partial charge in [0.2, 0.25) is 0 Å². The van der Waals surface area contributed by atoms with Crippen LogP contribution >= 0.6 is 0 Å². The van der Waals surface area contributed by atoms with Crippen LogP contribution in [0.2, 0.25) is 0 Å². The largest absolute Gasteiger partial charge is 0.497 e. The van der Waals surface area contributed by atoms with E-state index in [2.05, 4.69) is 0 Å². The van der Waals surface area contributed by atoms with Crippen molar-refractivity contribution in [3.63, 3.8) is 0 Å². The summed E-state index contributed by atoms with van der Waals surface area (Å²) in [5.74, 6) is -2.82. The Morgan fingerprint density at radius 1 is 1.33 bits per heavy atom. The van der Waals surface area contributed by atoms with Crippen molar-refractivity contribution in [2.45, 2.75) is 12.3 Å². The molecule has 0 fully saturated rings. The molecule has 0 amide bonds. The number of halogens is 2. The molecule has 0 saturated carbocycles. The minimum atomic E-state index is -2.92. The summed E-state index contributed by atoms with van der Waals surface area (Å²) < 4.78 is 29.6. The van der Waals surface area contributed by atoms with Crippen molar-refractivity contribution in [1.29, 1.82) is 0 Å². The summed E-state index contributed by atoms with van der Waals surface area (Å²) >= 11 is 0. The third kappa shape index (κ3) is 2.65. The van der Waals surface area contributed by atoms with Crippen molar-refractivity contribution in [2.75, 3.05) is 7.11 Å². The van der Waals surface area contributed by atoms with Gasteiger partial charge in [-0.25, -0.2) is 8.78 Å². The second kappa shape index (κ2) is 4.72. The highest BCUT2D eigenvalue weighted by molar-refractivity contribution is 5.76. The van der Waals surface area contributed by atoms with Gasteiger partial charge >= 0.3 is 5.97 Å². The van der Waals surface area contributed by atoms with Crippen LogP contribution in [0.3, 0.4) is 0 Å². The molecular formula is C10H10F2O3. The zero-order valence-electron chi connectivity index (χ0n) is 7.98. The summed E-state index contributed by atoms with van der Waals surface area (Å²) in [6.07, 6.45) is -2.92. The number of benzene rings is 1. The summed E-state index contributed by atoms with van der Waals surface area (Å²) in [5, 5.41) is 8.61. The molecule has 15 heavy (non-hydrogen) atoms. The lowest BCUT2D eigenvalue weighted by molar-refractivity contribution is -0.142. The molecular weight excluding hydrogens is 206 g/mol. The topological polar surface area (TPSA) is 46.5 Å². The fraction of sp³-hybridized carbons (Fsp3) is 0.300. The maximum atomic E-state index is 12.4. The lowest BCUT2D eigenvalue weighted by Gasteiger charge is -2.11. The molecule has 1 aromatic rings. The van der Waals surface area contributed by atoms with Crippen LogP contribution in [0.1, 0.15) is 11.5 Å². The van der Waals surface area contributed by atoms with E-state index in [1.807, 2.05) is 0 Å². The lowest BCUT2D eigenvalue weighted by atomic mass is 10.00. The van der Waals surface area contributed by atoms with Crippen molar-refractivity contribution >= 4 is 5.97 Å². The first-order valence-corrected chi connectivity index (χ1v) is 4.21. The van der Waals surface area contributed by atoms with Crippen LogP contribution in [0.25, 0.3) is 0 Å². The second-order valence-corrected chi connectivity index (χ2v) is 2.92. The number of carboxylic acid groups (broad SMARTS) is 1. The van der Waals surface area contributed by atoms with Crippen molar-refractivity contribution in [3.8, 4) is 5.75 Å². The summed E-state index contributed by atoms with van der Waals surface area (Å²) in [4.78, 5) is 10.6. The van der Waals surface area contributed by atoms with E-state index in [1.165, 1.54) is 31.4 Å². The summed E-state index contributed by atoms with van der Waals surface area (Å²) in [6, 6.07) is 5.55. The first kappa shape index (κ1) is 11.4. The van der Waals surface area contributed by atoms with Crippen molar-refractivity contribution in [3.05, 3.63) is 29.8 Å². The Morgan fingerprint density at radius 2 is 1.87 bits per heavy atom. The molecule has 1 atom stereocenters. The average molecular weight is 216 g/mol. The number of alkyl halides is 2. The molecule has 1 N–H and O–H groups in total. The summed E-state index contributed by atoms with van der Waals surface area (Å²) in [7, 11) is 1.44. The van der Waals surface area contributed by atoms with Gasteiger partial charge in [0.1, 0.15) is 11.7 Å². The van der Waals surface area contributed by atoms with E-state index in [1.54, 1.807) is 0 Å². The molecule has 0 saturated heterocycles. The molecule has 0 unspecified atom stereocenters. The van der Waals surface area contributed by atoms with E-state index in [0.717, 1.165) is 0 Å². The highest BCUT2D eigenvalue weighted by atomic mass is 19.3. The second-order valence-electron chi connectivity index (χ2n) is 2.92. The molecule has 0 aromatic heterocycles. The van der Waals surface area contributed by atoms with Crippen LogP contribution in [0.5, 0.6) is 5.75 Å². The molecule has 0 radical (unpaired) electrons. The smallest absolute Gasteiger partial charge is 0.316 e. The van der Waals surface area contributed by atoms with Gasteiger partial charge in [-0.05, 0) is 17.7 Å². The molecule has 1 aromatic carbocycles. The van der Waals surface area contributed by atoms with Gasteiger partial charge < -0.3 is 9.84 Å². The molecule has 0 aliphatic rings. The van der Waals surface area contributed by atoms with Crippen LogP contribution in [0.15, 0.2) is 24.3 Å². The first-order chi connectivity index (χ1) is 7.06. The molecule has 0 bridgehead atoms.